The largest absolute Gasteiger partial charge is 0.573 e. The summed E-state index contributed by atoms with van der Waals surface area (Å²) in [6.07, 6.45) is -0.0682. The third kappa shape index (κ3) is 5.73. The highest BCUT2D eigenvalue weighted by molar-refractivity contribution is 7.89. The SMILES string of the molecule is O=S(=O)(NC1CCCC(N2c3ccccc3CCc3ccccc32)C1)c1ccc(OC(F)(F)F)c(Cl)c1. The fourth-order valence-electron chi connectivity index (χ4n) is 5.36. The monoisotopic (exact) mass is 550 g/mol. The quantitative estimate of drug-likeness (QED) is 0.381. The second-order valence-corrected chi connectivity index (χ2v) is 11.5. The molecule has 1 heterocycles. The summed E-state index contributed by atoms with van der Waals surface area (Å²) < 4.78 is 70.5. The van der Waals surface area contributed by atoms with Crippen molar-refractivity contribution in [2.75, 3.05) is 4.90 Å². The van der Waals surface area contributed by atoms with Gasteiger partial charge in [0.25, 0.3) is 0 Å². The van der Waals surface area contributed by atoms with Crippen molar-refractivity contribution in [3.05, 3.63) is 82.9 Å². The topological polar surface area (TPSA) is 58.6 Å². The van der Waals surface area contributed by atoms with Gasteiger partial charge in [-0.1, -0.05) is 48.0 Å². The Morgan fingerprint density at radius 3 is 2.14 bits per heavy atom. The molecule has 1 saturated carbocycles. The van der Waals surface area contributed by atoms with Crippen molar-refractivity contribution < 1.29 is 26.3 Å². The summed E-state index contributed by atoms with van der Waals surface area (Å²) >= 11 is 5.90. The summed E-state index contributed by atoms with van der Waals surface area (Å²) in [5.41, 5.74) is 4.82. The molecule has 196 valence electrons. The van der Waals surface area contributed by atoms with Gasteiger partial charge in [-0.15, -0.1) is 13.2 Å². The Balaban J connectivity index is 1.39. The molecule has 3 aromatic rings. The fourth-order valence-corrected chi connectivity index (χ4v) is 6.95. The molecule has 2 unspecified atom stereocenters. The standard InChI is InChI=1S/C27H26ClF3N2O3S/c28-23-17-22(14-15-26(23)36-27(29,30)31)37(34,35)32-20-8-5-9-21(16-20)33-24-10-3-1-6-18(24)12-13-19-7-2-4-11-25(19)33/h1-4,6-7,10-11,14-15,17,20-21,32H,5,8-9,12-13,16H2. The maximum atomic E-state index is 13.1. The maximum Gasteiger partial charge on any atom is 0.573 e. The predicted octanol–water partition coefficient (Wildman–Crippen LogP) is 6.77. The Morgan fingerprint density at radius 2 is 1.54 bits per heavy atom. The first-order chi connectivity index (χ1) is 17.6. The average Bonchev–Trinajstić information content (AvgIpc) is 3.01. The number of hydrogen-bond acceptors (Lipinski definition) is 4. The molecule has 5 nitrogen and oxygen atoms in total. The fraction of sp³-hybridized carbons (Fsp3) is 0.333. The second kappa shape index (κ2) is 10.2. The zero-order chi connectivity index (χ0) is 26.2. The van der Waals surface area contributed by atoms with Gasteiger partial charge < -0.3 is 9.64 Å². The Bertz CT molecular complexity index is 1350. The van der Waals surface area contributed by atoms with E-state index < -0.39 is 27.2 Å². The molecular weight excluding hydrogens is 525 g/mol. The van der Waals surface area contributed by atoms with E-state index in [0.717, 1.165) is 55.3 Å². The van der Waals surface area contributed by atoms with Gasteiger partial charge in [-0.3, -0.25) is 0 Å². The highest BCUT2D eigenvalue weighted by Crippen LogP contribution is 2.41. The Labute approximate surface area is 219 Å². The van der Waals surface area contributed by atoms with E-state index in [1.165, 1.54) is 11.1 Å². The molecular formula is C27H26ClF3N2O3S. The number of para-hydroxylation sites is 2. The minimum atomic E-state index is -4.93. The van der Waals surface area contributed by atoms with Crippen molar-refractivity contribution in [3.8, 4) is 5.75 Å². The number of anilines is 2. The van der Waals surface area contributed by atoms with E-state index in [1.807, 2.05) is 24.3 Å². The van der Waals surface area contributed by atoms with E-state index in [2.05, 4.69) is 38.6 Å². The Morgan fingerprint density at radius 1 is 0.919 bits per heavy atom. The number of sulfonamides is 1. The molecule has 0 saturated heterocycles. The molecule has 2 atom stereocenters. The molecule has 1 fully saturated rings. The van der Waals surface area contributed by atoms with Crippen LogP contribution in [-0.4, -0.2) is 26.9 Å². The predicted molar refractivity (Wildman–Crippen MR) is 137 cm³/mol. The van der Waals surface area contributed by atoms with E-state index >= 15 is 0 Å². The van der Waals surface area contributed by atoms with E-state index in [9.17, 15) is 21.6 Å². The van der Waals surface area contributed by atoms with Crippen molar-refractivity contribution in [1.29, 1.82) is 0 Å². The molecule has 1 aliphatic carbocycles. The minimum absolute atomic E-state index is 0.0769. The van der Waals surface area contributed by atoms with Gasteiger partial charge in [0.15, 0.2) is 0 Å². The van der Waals surface area contributed by atoms with Crippen LogP contribution in [0.15, 0.2) is 71.6 Å². The van der Waals surface area contributed by atoms with Gasteiger partial charge in [-0.05, 0) is 80.0 Å². The van der Waals surface area contributed by atoms with Gasteiger partial charge in [0.05, 0.1) is 9.92 Å². The van der Waals surface area contributed by atoms with Crippen molar-refractivity contribution in [3.63, 3.8) is 0 Å². The van der Waals surface area contributed by atoms with Crippen LogP contribution >= 0.6 is 11.6 Å². The molecule has 0 spiro atoms. The Hall–Kier alpha value is -2.75. The van der Waals surface area contributed by atoms with Crippen LogP contribution < -0.4 is 14.4 Å². The normalized spacial score (nSPS) is 20.1. The van der Waals surface area contributed by atoms with Gasteiger partial charge in [-0.2, -0.15) is 0 Å². The number of aryl methyl sites for hydroxylation is 2. The molecule has 5 rings (SSSR count). The lowest BCUT2D eigenvalue weighted by Crippen LogP contribution is -2.44. The molecule has 10 heteroatoms. The Kier molecular flexibility index (Phi) is 7.13. The number of benzene rings is 3. The molecule has 1 N–H and O–H groups in total. The average molecular weight is 551 g/mol. The number of hydrogen-bond donors (Lipinski definition) is 1. The summed E-state index contributed by atoms with van der Waals surface area (Å²) in [6, 6.07) is 19.4. The number of fused-ring (bicyclic) bond motifs is 2. The first kappa shape index (κ1) is 25.9. The van der Waals surface area contributed by atoms with Crippen molar-refractivity contribution in [1.82, 2.24) is 4.72 Å². The second-order valence-electron chi connectivity index (χ2n) is 9.41. The van der Waals surface area contributed by atoms with Crippen LogP contribution in [0.5, 0.6) is 5.75 Å². The third-order valence-electron chi connectivity index (χ3n) is 6.94. The first-order valence-electron chi connectivity index (χ1n) is 12.1. The number of halogens is 4. The highest BCUT2D eigenvalue weighted by Gasteiger charge is 2.34. The zero-order valence-electron chi connectivity index (χ0n) is 19.8. The summed E-state index contributed by atoms with van der Waals surface area (Å²) in [5.74, 6) is -0.649. The van der Waals surface area contributed by atoms with Gasteiger partial charge in [0.1, 0.15) is 5.75 Å². The number of rotatable bonds is 5. The van der Waals surface area contributed by atoms with Crippen LogP contribution in [0.3, 0.4) is 0 Å². The molecule has 0 amide bonds. The lowest BCUT2D eigenvalue weighted by atomic mass is 9.89. The van der Waals surface area contributed by atoms with Crippen LogP contribution in [0.25, 0.3) is 0 Å². The van der Waals surface area contributed by atoms with E-state index in [4.69, 9.17) is 11.6 Å². The number of ether oxygens (including phenoxy) is 1. The zero-order valence-corrected chi connectivity index (χ0v) is 21.4. The molecule has 0 bridgehead atoms. The van der Waals surface area contributed by atoms with Crippen LogP contribution in [-0.2, 0) is 22.9 Å². The van der Waals surface area contributed by atoms with Crippen molar-refractivity contribution in [2.45, 2.75) is 61.9 Å². The summed E-state index contributed by atoms with van der Waals surface area (Å²) in [5, 5.41) is -0.431. The number of nitrogens with zero attached hydrogens (tertiary/aromatic N) is 1. The lowest BCUT2D eigenvalue weighted by Gasteiger charge is -2.40. The summed E-state index contributed by atoms with van der Waals surface area (Å²) in [7, 11) is -4.02. The molecule has 0 aromatic heterocycles. The molecule has 2 aliphatic rings. The molecule has 3 aromatic carbocycles. The maximum absolute atomic E-state index is 13.1. The highest BCUT2D eigenvalue weighted by atomic mass is 35.5. The summed E-state index contributed by atoms with van der Waals surface area (Å²) in [6.45, 7) is 0. The van der Waals surface area contributed by atoms with Crippen LogP contribution in [0.4, 0.5) is 24.5 Å². The van der Waals surface area contributed by atoms with Gasteiger partial charge in [0, 0.05) is 23.5 Å². The first-order valence-corrected chi connectivity index (χ1v) is 14.0. The smallest absolute Gasteiger partial charge is 0.404 e. The third-order valence-corrected chi connectivity index (χ3v) is 8.75. The minimum Gasteiger partial charge on any atom is -0.404 e. The van der Waals surface area contributed by atoms with Gasteiger partial charge in [0.2, 0.25) is 10.0 Å². The van der Waals surface area contributed by atoms with Gasteiger partial charge in [-0.25, -0.2) is 13.1 Å². The number of nitrogens with one attached hydrogen (secondary N) is 1. The summed E-state index contributed by atoms with van der Waals surface area (Å²) in [4.78, 5) is 2.15. The van der Waals surface area contributed by atoms with E-state index in [0.29, 0.717) is 12.8 Å². The molecule has 37 heavy (non-hydrogen) atoms. The van der Waals surface area contributed by atoms with Crippen LogP contribution in [0.2, 0.25) is 5.02 Å². The molecule has 0 radical (unpaired) electrons. The van der Waals surface area contributed by atoms with E-state index in [1.54, 1.807) is 0 Å². The van der Waals surface area contributed by atoms with Crippen LogP contribution in [0.1, 0.15) is 36.8 Å². The van der Waals surface area contributed by atoms with Crippen LogP contribution in [0, 0.1) is 0 Å². The van der Waals surface area contributed by atoms with Crippen molar-refractivity contribution >= 4 is 33.0 Å². The van der Waals surface area contributed by atoms with E-state index in [-0.39, 0.29) is 17.0 Å². The van der Waals surface area contributed by atoms with Crippen molar-refractivity contribution in [2.24, 2.45) is 0 Å². The number of alkyl halides is 3. The van der Waals surface area contributed by atoms with Gasteiger partial charge >= 0.3 is 6.36 Å². The molecule has 1 aliphatic heterocycles. The lowest BCUT2D eigenvalue weighted by molar-refractivity contribution is -0.274.